The number of carbonyl (C=O) groups excluding carboxylic acids is 1. The summed E-state index contributed by atoms with van der Waals surface area (Å²) in [7, 11) is -3.14. The van der Waals surface area contributed by atoms with Crippen molar-refractivity contribution in [1.82, 2.24) is 4.90 Å². The van der Waals surface area contributed by atoms with E-state index in [4.69, 9.17) is 20.8 Å². The number of halogens is 1. The Morgan fingerprint density at radius 2 is 2.07 bits per heavy atom. The lowest BCUT2D eigenvalue weighted by Gasteiger charge is -2.30. The maximum Gasteiger partial charge on any atom is 0.264 e. The van der Waals surface area contributed by atoms with Crippen molar-refractivity contribution in [2.75, 3.05) is 11.5 Å². The fourth-order valence-electron chi connectivity index (χ4n) is 3.16. The van der Waals surface area contributed by atoms with Crippen molar-refractivity contribution in [3.63, 3.8) is 0 Å². The lowest BCUT2D eigenvalue weighted by Crippen LogP contribution is -2.46. The zero-order chi connectivity index (χ0) is 19.6. The minimum absolute atomic E-state index is 0.0444. The van der Waals surface area contributed by atoms with Crippen molar-refractivity contribution < 1.29 is 22.4 Å². The molecule has 0 spiro atoms. The first-order valence-corrected chi connectivity index (χ1v) is 10.9. The van der Waals surface area contributed by atoms with E-state index in [1.807, 2.05) is 13.0 Å². The van der Waals surface area contributed by atoms with Crippen LogP contribution in [0.2, 0.25) is 5.02 Å². The monoisotopic (exact) mass is 411 g/mol. The summed E-state index contributed by atoms with van der Waals surface area (Å²) in [6.07, 6.45) is -0.406. The van der Waals surface area contributed by atoms with Gasteiger partial charge in [-0.3, -0.25) is 4.79 Å². The summed E-state index contributed by atoms with van der Waals surface area (Å²) in [6.45, 7) is 3.65. The van der Waals surface area contributed by atoms with Crippen LogP contribution in [0.1, 0.15) is 24.9 Å². The van der Waals surface area contributed by atoms with Gasteiger partial charge in [-0.2, -0.15) is 0 Å². The van der Waals surface area contributed by atoms with Gasteiger partial charge in [0.2, 0.25) is 0 Å². The molecule has 1 aliphatic heterocycles. The van der Waals surface area contributed by atoms with Gasteiger partial charge in [0.1, 0.15) is 17.3 Å². The standard InChI is InChI=1S/C19H22ClNO5S/c1-13-7-8-16(25-13)11-21(15-9-10-27(23,24)12-15)19(22)14(2)26-18-6-4-3-5-17(18)20/h3-8,14-15H,9-12H2,1-2H3. The van der Waals surface area contributed by atoms with Crippen LogP contribution in [0.4, 0.5) is 0 Å². The molecule has 6 nitrogen and oxygen atoms in total. The first-order chi connectivity index (χ1) is 12.7. The smallest absolute Gasteiger partial charge is 0.264 e. The van der Waals surface area contributed by atoms with Crippen molar-refractivity contribution in [2.24, 2.45) is 0 Å². The second-order valence-electron chi connectivity index (χ2n) is 6.73. The molecule has 0 aliphatic carbocycles. The predicted octanol–water partition coefficient (Wildman–Crippen LogP) is 3.22. The van der Waals surface area contributed by atoms with Gasteiger partial charge in [0.05, 0.1) is 23.1 Å². The normalized spacial score (nSPS) is 19.6. The van der Waals surface area contributed by atoms with E-state index in [1.54, 1.807) is 42.2 Å². The van der Waals surface area contributed by atoms with E-state index in [2.05, 4.69) is 0 Å². The van der Waals surface area contributed by atoms with Crippen LogP contribution in [0.3, 0.4) is 0 Å². The van der Waals surface area contributed by atoms with Gasteiger partial charge in [0.15, 0.2) is 15.9 Å². The lowest BCUT2D eigenvalue weighted by molar-refractivity contribution is -0.140. The highest BCUT2D eigenvalue weighted by Crippen LogP contribution is 2.26. The number of hydrogen-bond acceptors (Lipinski definition) is 5. The van der Waals surface area contributed by atoms with Crippen molar-refractivity contribution in [2.45, 2.75) is 39.0 Å². The summed E-state index contributed by atoms with van der Waals surface area (Å²) in [5, 5.41) is 0.411. The molecule has 146 valence electrons. The molecule has 2 aromatic rings. The average molecular weight is 412 g/mol. The molecule has 0 radical (unpaired) electrons. The van der Waals surface area contributed by atoms with E-state index in [-0.39, 0.29) is 24.0 Å². The number of amides is 1. The Kier molecular flexibility index (Phi) is 5.81. The van der Waals surface area contributed by atoms with Crippen molar-refractivity contribution in [3.05, 3.63) is 52.9 Å². The molecule has 2 atom stereocenters. The fourth-order valence-corrected chi connectivity index (χ4v) is 5.07. The molecule has 0 saturated carbocycles. The Morgan fingerprint density at radius 1 is 1.33 bits per heavy atom. The minimum Gasteiger partial charge on any atom is -0.479 e. The SMILES string of the molecule is Cc1ccc(CN(C(=O)C(C)Oc2ccccc2Cl)C2CCS(=O)(=O)C2)o1. The number of hydrogen-bond donors (Lipinski definition) is 0. The number of rotatable bonds is 6. The summed E-state index contributed by atoms with van der Waals surface area (Å²) < 4.78 is 35.2. The van der Waals surface area contributed by atoms with E-state index in [1.165, 1.54) is 0 Å². The number of nitrogens with zero attached hydrogens (tertiary/aromatic N) is 1. The van der Waals surface area contributed by atoms with Crippen LogP contribution in [0.5, 0.6) is 5.75 Å². The predicted molar refractivity (Wildman–Crippen MR) is 103 cm³/mol. The van der Waals surface area contributed by atoms with Crippen molar-refractivity contribution in [1.29, 1.82) is 0 Å². The first kappa shape index (κ1) is 19.8. The number of aryl methyl sites for hydroxylation is 1. The third-order valence-electron chi connectivity index (χ3n) is 4.54. The molecule has 1 aliphatic rings. The van der Waals surface area contributed by atoms with Gasteiger partial charge < -0.3 is 14.1 Å². The highest BCUT2D eigenvalue weighted by molar-refractivity contribution is 7.91. The zero-order valence-electron chi connectivity index (χ0n) is 15.2. The molecule has 8 heteroatoms. The maximum atomic E-state index is 13.1. The second kappa shape index (κ2) is 7.94. The van der Waals surface area contributed by atoms with Crippen LogP contribution in [0, 0.1) is 6.92 Å². The Hall–Kier alpha value is -1.99. The van der Waals surface area contributed by atoms with E-state index >= 15 is 0 Å². The van der Waals surface area contributed by atoms with E-state index in [0.717, 1.165) is 5.76 Å². The van der Waals surface area contributed by atoms with Gasteiger partial charge >= 0.3 is 0 Å². The largest absolute Gasteiger partial charge is 0.479 e. The van der Waals surface area contributed by atoms with Gasteiger partial charge in [-0.05, 0) is 44.5 Å². The molecule has 27 heavy (non-hydrogen) atoms. The highest BCUT2D eigenvalue weighted by Gasteiger charge is 2.37. The van der Waals surface area contributed by atoms with Crippen LogP contribution in [0.25, 0.3) is 0 Å². The molecule has 0 N–H and O–H groups in total. The average Bonchev–Trinajstić information content (AvgIpc) is 3.19. The lowest BCUT2D eigenvalue weighted by atomic mass is 10.2. The van der Waals surface area contributed by atoms with Gasteiger partial charge in [-0.25, -0.2) is 8.42 Å². The van der Waals surface area contributed by atoms with Crippen LogP contribution in [-0.4, -0.2) is 42.9 Å². The van der Waals surface area contributed by atoms with Crippen LogP contribution in [-0.2, 0) is 21.2 Å². The van der Waals surface area contributed by atoms with Gasteiger partial charge in [0.25, 0.3) is 5.91 Å². The molecule has 0 bridgehead atoms. The maximum absolute atomic E-state index is 13.1. The molecule has 1 aromatic heterocycles. The Balaban J connectivity index is 1.80. The van der Waals surface area contributed by atoms with Crippen LogP contribution >= 0.6 is 11.6 Å². The van der Waals surface area contributed by atoms with E-state index < -0.39 is 22.0 Å². The summed E-state index contributed by atoms with van der Waals surface area (Å²) >= 11 is 6.11. The number of carbonyl (C=O) groups is 1. The molecule has 2 heterocycles. The van der Waals surface area contributed by atoms with E-state index in [0.29, 0.717) is 23.0 Å². The summed E-state index contributed by atoms with van der Waals surface area (Å²) in [5.74, 6) is 1.49. The Bertz CT molecular complexity index is 924. The Labute approximate surface area is 164 Å². The van der Waals surface area contributed by atoms with Crippen molar-refractivity contribution in [3.8, 4) is 5.75 Å². The zero-order valence-corrected chi connectivity index (χ0v) is 16.8. The molecular formula is C19H22ClNO5S. The number of benzene rings is 1. The molecule has 1 aromatic carbocycles. The molecule has 3 rings (SSSR count). The van der Waals surface area contributed by atoms with Crippen LogP contribution < -0.4 is 4.74 Å². The number of ether oxygens (including phenoxy) is 1. The summed E-state index contributed by atoms with van der Waals surface area (Å²) in [5.41, 5.74) is 0. The first-order valence-electron chi connectivity index (χ1n) is 8.72. The molecule has 1 saturated heterocycles. The van der Waals surface area contributed by atoms with Gasteiger partial charge in [-0.15, -0.1) is 0 Å². The third-order valence-corrected chi connectivity index (χ3v) is 6.61. The van der Waals surface area contributed by atoms with Crippen LogP contribution in [0.15, 0.2) is 40.8 Å². The quantitative estimate of drug-likeness (QED) is 0.729. The fraction of sp³-hybridized carbons (Fsp3) is 0.421. The topological polar surface area (TPSA) is 76.8 Å². The molecule has 2 unspecified atom stereocenters. The third kappa shape index (κ3) is 4.84. The number of furan rings is 1. The minimum atomic E-state index is -3.14. The molecule has 1 amide bonds. The highest BCUT2D eigenvalue weighted by atomic mass is 35.5. The number of sulfone groups is 1. The molecular weight excluding hydrogens is 390 g/mol. The summed E-state index contributed by atoms with van der Waals surface area (Å²) in [4.78, 5) is 14.6. The van der Waals surface area contributed by atoms with E-state index in [9.17, 15) is 13.2 Å². The van der Waals surface area contributed by atoms with Gasteiger partial charge in [-0.1, -0.05) is 23.7 Å². The van der Waals surface area contributed by atoms with Gasteiger partial charge in [0, 0.05) is 6.04 Å². The number of para-hydroxylation sites is 1. The molecule has 1 fully saturated rings. The Morgan fingerprint density at radius 3 is 2.67 bits per heavy atom. The van der Waals surface area contributed by atoms with Crippen molar-refractivity contribution >= 4 is 27.3 Å². The summed E-state index contributed by atoms with van der Waals surface area (Å²) in [6, 6.07) is 10.1. The second-order valence-corrected chi connectivity index (χ2v) is 9.36.